The maximum absolute atomic E-state index is 12.2. The molecule has 0 aromatic heterocycles. The number of nitrogens with zero attached hydrogens (tertiary/aromatic N) is 1. The van der Waals surface area contributed by atoms with Crippen LogP contribution < -0.4 is 11.1 Å². The first-order valence-electron chi connectivity index (χ1n) is 8.24. The number of rotatable bonds is 5. The summed E-state index contributed by atoms with van der Waals surface area (Å²) in [5.41, 5.74) is 5.87. The molecule has 3 N–H and O–H groups in total. The summed E-state index contributed by atoms with van der Waals surface area (Å²) >= 11 is 0. The molecule has 0 radical (unpaired) electrons. The van der Waals surface area contributed by atoms with Gasteiger partial charge in [-0.05, 0) is 37.6 Å². The smallest absolute Gasteiger partial charge is 0.225 e. The van der Waals surface area contributed by atoms with Crippen molar-refractivity contribution < 1.29 is 9.59 Å². The third-order valence-electron chi connectivity index (χ3n) is 5.05. The van der Waals surface area contributed by atoms with Gasteiger partial charge in [-0.15, -0.1) is 0 Å². The Morgan fingerprint density at radius 3 is 2.33 bits per heavy atom. The number of amides is 2. The van der Waals surface area contributed by atoms with Crippen LogP contribution >= 0.6 is 0 Å². The summed E-state index contributed by atoms with van der Waals surface area (Å²) in [6, 6.07) is 0.212. The summed E-state index contributed by atoms with van der Waals surface area (Å²) in [6.45, 7) is 5.98. The van der Waals surface area contributed by atoms with Gasteiger partial charge in [-0.25, -0.2) is 0 Å². The molecule has 0 aromatic carbocycles. The van der Waals surface area contributed by atoms with E-state index in [2.05, 4.69) is 5.32 Å². The van der Waals surface area contributed by atoms with Crippen molar-refractivity contribution in [2.45, 2.75) is 58.4 Å². The van der Waals surface area contributed by atoms with Crippen molar-refractivity contribution in [3.8, 4) is 0 Å². The molecule has 1 saturated carbocycles. The van der Waals surface area contributed by atoms with Gasteiger partial charge in [0.2, 0.25) is 11.8 Å². The highest BCUT2D eigenvalue weighted by Crippen LogP contribution is 2.42. The van der Waals surface area contributed by atoms with E-state index in [0.717, 1.165) is 38.8 Å². The molecule has 2 aliphatic rings. The van der Waals surface area contributed by atoms with Gasteiger partial charge in [-0.3, -0.25) is 9.59 Å². The highest BCUT2D eigenvalue weighted by atomic mass is 16.2. The Bertz CT molecular complexity index is 377. The minimum atomic E-state index is 0.0548. The van der Waals surface area contributed by atoms with Crippen molar-refractivity contribution >= 4 is 11.8 Å². The predicted molar refractivity (Wildman–Crippen MR) is 82.5 cm³/mol. The van der Waals surface area contributed by atoms with Gasteiger partial charge in [0.15, 0.2) is 0 Å². The fraction of sp³-hybridized carbons (Fsp3) is 0.875. The second-order valence-corrected chi connectivity index (χ2v) is 7.06. The molecule has 1 aliphatic carbocycles. The zero-order chi connectivity index (χ0) is 15.5. The van der Waals surface area contributed by atoms with E-state index in [-0.39, 0.29) is 29.2 Å². The number of hydrogen-bond acceptors (Lipinski definition) is 3. The van der Waals surface area contributed by atoms with Gasteiger partial charge in [0.25, 0.3) is 0 Å². The van der Waals surface area contributed by atoms with E-state index >= 15 is 0 Å². The van der Waals surface area contributed by atoms with Crippen molar-refractivity contribution in [2.24, 2.45) is 17.1 Å². The van der Waals surface area contributed by atoms with E-state index in [4.69, 9.17) is 5.73 Å². The first kappa shape index (κ1) is 16.3. The molecule has 21 heavy (non-hydrogen) atoms. The minimum absolute atomic E-state index is 0.0548. The molecule has 0 aromatic rings. The Morgan fingerprint density at radius 1 is 1.29 bits per heavy atom. The Balaban J connectivity index is 1.73. The number of likely N-dealkylation sites (tertiary alicyclic amines) is 1. The largest absolute Gasteiger partial charge is 0.353 e. The average Bonchev–Trinajstić information content (AvgIpc) is 2.43. The van der Waals surface area contributed by atoms with Gasteiger partial charge >= 0.3 is 0 Å². The predicted octanol–water partition coefficient (Wildman–Crippen LogP) is 1.27. The lowest BCUT2D eigenvalue weighted by molar-refractivity contribution is -0.135. The Hall–Kier alpha value is -1.10. The third-order valence-corrected chi connectivity index (χ3v) is 5.05. The lowest BCUT2D eigenvalue weighted by Gasteiger charge is -2.41. The topological polar surface area (TPSA) is 75.4 Å². The summed E-state index contributed by atoms with van der Waals surface area (Å²) in [4.78, 5) is 26.0. The molecule has 5 heteroatoms. The summed E-state index contributed by atoms with van der Waals surface area (Å²) in [5.74, 6) is 0.407. The van der Waals surface area contributed by atoms with Crippen LogP contribution in [0.25, 0.3) is 0 Å². The molecule has 1 saturated heterocycles. The number of nitrogens with one attached hydrogen (secondary N) is 1. The van der Waals surface area contributed by atoms with E-state index in [1.54, 1.807) is 0 Å². The van der Waals surface area contributed by atoms with Gasteiger partial charge in [0.05, 0.1) is 0 Å². The Morgan fingerprint density at radius 2 is 1.90 bits per heavy atom. The van der Waals surface area contributed by atoms with Gasteiger partial charge in [-0.2, -0.15) is 0 Å². The van der Waals surface area contributed by atoms with Gasteiger partial charge in [0.1, 0.15) is 0 Å². The molecule has 1 aliphatic heterocycles. The van der Waals surface area contributed by atoms with Gasteiger partial charge in [0, 0.05) is 31.5 Å². The molecular weight excluding hydrogens is 266 g/mol. The number of hydrogen-bond donors (Lipinski definition) is 2. The van der Waals surface area contributed by atoms with Crippen LogP contribution in [0, 0.1) is 11.3 Å². The summed E-state index contributed by atoms with van der Waals surface area (Å²) in [6.07, 6.45) is 5.64. The SMILES string of the molecule is CC(C)C(=O)N1CCC(NC(=O)CC2(CN)CCC2)CC1. The lowest BCUT2D eigenvalue weighted by atomic mass is 9.66. The molecule has 2 rings (SSSR count). The van der Waals surface area contributed by atoms with Crippen LogP contribution in [0.4, 0.5) is 0 Å². The average molecular weight is 295 g/mol. The van der Waals surface area contributed by atoms with E-state index in [1.165, 1.54) is 6.42 Å². The van der Waals surface area contributed by atoms with Crippen LogP contribution in [0.15, 0.2) is 0 Å². The molecule has 0 spiro atoms. The van der Waals surface area contributed by atoms with Crippen LogP contribution in [-0.4, -0.2) is 42.4 Å². The van der Waals surface area contributed by atoms with Crippen molar-refractivity contribution in [3.63, 3.8) is 0 Å². The molecule has 2 fully saturated rings. The van der Waals surface area contributed by atoms with Crippen LogP contribution in [0.1, 0.15) is 52.4 Å². The molecule has 0 unspecified atom stereocenters. The highest BCUT2D eigenvalue weighted by Gasteiger charge is 2.38. The molecule has 120 valence electrons. The third kappa shape index (κ3) is 3.96. The highest BCUT2D eigenvalue weighted by molar-refractivity contribution is 5.78. The monoisotopic (exact) mass is 295 g/mol. The van der Waals surface area contributed by atoms with E-state index in [9.17, 15) is 9.59 Å². The first-order chi connectivity index (χ1) is 9.96. The maximum atomic E-state index is 12.2. The molecule has 2 amide bonds. The van der Waals surface area contributed by atoms with E-state index in [1.807, 2.05) is 18.7 Å². The fourth-order valence-corrected chi connectivity index (χ4v) is 3.36. The Labute approximate surface area is 127 Å². The summed E-state index contributed by atoms with van der Waals surface area (Å²) < 4.78 is 0. The lowest BCUT2D eigenvalue weighted by Crippen LogP contribution is -2.49. The van der Waals surface area contributed by atoms with E-state index in [0.29, 0.717) is 13.0 Å². The second-order valence-electron chi connectivity index (χ2n) is 7.06. The second kappa shape index (κ2) is 6.77. The molecule has 5 nitrogen and oxygen atoms in total. The quantitative estimate of drug-likeness (QED) is 0.802. The normalized spacial score (nSPS) is 22.0. The van der Waals surface area contributed by atoms with Crippen LogP contribution in [0.2, 0.25) is 0 Å². The maximum Gasteiger partial charge on any atom is 0.225 e. The summed E-state index contributed by atoms with van der Waals surface area (Å²) in [7, 11) is 0. The molecule has 0 bridgehead atoms. The van der Waals surface area contributed by atoms with Crippen LogP contribution in [0.5, 0.6) is 0 Å². The van der Waals surface area contributed by atoms with Crippen molar-refractivity contribution in [3.05, 3.63) is 0 Å². The van der Waals surface area contributed by atoms with Crippen LogP contribution in [-0.2, 0) is 9.59 Å². The first-order valence-corrected chi connectivity index (χ1v) is 8.24. The molecule has 1 heterocycles. The molecular formula is C16H29N3O2. The summed E-state index contributed by atoms with van der Waals surface area (Å²) in [5, 5.41) is 3.13. The van der Waals surface area contributed by atoms with Crippen LogP contribution in [0.3, 0.4) is 0 Å². The van der Waals surface area contributed by atoms with Gasteiger partial charge in [-0.1, -0.05) is 20.3 Å². The number of piperidine rings is 1. The Kier molecular flexibility index (Phi) is 5.25. The number of carbonyl (C=O) groups excluding carboxylic acids is 2. The minimum Gasteiger partial charge on any atom is -0.353 e. The number of carbonyl (C=O) groups is 2. The van der Waals surface area contributed by atoms with Gasteiger partial charge < -0.3 is 16.0 Å². The van der Waals surface area contributed by atoms with Crippen molar-refractivity contribution in [1.29, 1.82) is 0 Å². The zero-order valence-corrected chi connectivity index (χ0v) is 13.4. The van der Waals surface area contributed by atoms with E-state index < -0.39 is 0 Å². The molecule has 0 atom stereocenters. The van der Waals surface area contributed by atoms with Crippen molar-refractivity contribution in [2.75, 3.05) is 19.6 Å². The zero-order valence-electron chi connectivity index (χ0n) is 13.4. The fourth-order valence-electron chi connectivity index (χ4n) is 3.36. The number of nitrogens with two attached hydrogens (primary N) is 1. The standard InChI is InChI=1S/C16H29N3O2/c1-12(2)15(21)19-8-4-13(5-9-19)18-14(20)10-16(11-17)6-3-7-16/h12-13H,3-11,17H2,1-2H3,(H,18,20). The van der Waals surface area contributed by atoms with Crippen molar-refractivity contribution in [1.82, 2.24) is 10.2 Å².